The summed E-state index contributed by atoms with van der Waals surface area (Å²) < 4.78 is 16.2. The van der Waals surface area contributed by atoms with Crippen molar-refractivity contribution in [2.75, 3.05) is 6.54 Å². The lowest BCUT2D eigenvalue weighted by Crippen LogP contribution is -2.23. The Morgan fingerprint density at radius 2 is 2.16 bits per heavy atom. The van der Waals surface area contributed by atoms with Crippen LogP contribution in [0.4, 0.5) is 9.18 Å². The SMILES string of the molecule is O=C(O)NC/C(F)=C1\CCCc2cnn(Cc3ccc(Cl)cc3Cl)c21. The fraction of sp³-hybridized carbons (Fsp3) is 0.294. The van der Waals surface area contributed by atoms with Crippen LogP contribution in [-0.2, 0) is 13.0 Å². The van der Waals surface area contributed by atoms with E-state index in [1.807, 2.05) is 6.07 Å². The van der Waals surface area contributed by atoms with E-state index in [4.69, 9.17) is 28.3 Å². The minimum Gasteiger partial charge on any atom is -0.465 e. The Bertz CT molecular complexity index is 848. The van der Waals surface area contributed by atoms with Crippen molar-refractivity contribution < 1.29 is 14.3 Å². The van der Waals surface area contributed by atoms with Crippen molar-refractivity contribution >= 4 is 34.9 Å². The third kappa shape index (κ3) is 3.96. The average Bonchev–Trinajstić information content (AvgIpc) is 2.98. The lowest BCUT2D eigenvalue weighted by molar-refractivity contribution is 0.194. The molecular formula is C17H16Cl2FN3O2. The number of hydrogen-bond donors (Lipinski definition) is 2. The maximum Gasteiger partial charge on any atom is 0.405 e. The van der Waals surface area contributed by atoms with Crippen LogP contribution in [0.15, 0.2) is 30.2 Å². The molecule has 1 amide bonds. The molecule has 2 aromatic rings. The molecule has 5 nitrogen and oxygen atoms in total. The summed E-state index contributed by atoms with van der Waals surface area (Å²) in [6.45, 7) is 0.0332. The van der Waals surface area contributed by atoms with Gasteiger partial charge >= 0.3 is 6.09 Å². The number of benzene rings is 1. The van der Waals surface area contributed by atoms with E-state index in [-0.39, 0.29) is 6.54 Å². The van der Waals surface area contributed by atoms with Gasteiger partial charge < -0.3 is 10.4 Å². The minimum atomic E-state index is -1.26. The van der Waals surface area contributed by atoms with Crippen LogP contribution in [0.3, 0.4) is 0 Å². The molecule has 0 fully saturated rings. The van der Waals surface area contributed by atoms with E-state index in [0.717, 1.165) is 24.0 Å². The number of aryl methyl sites for hydroxylation is 1. The third-order valence-corrected chi connectivity index (χ3v) is 4.72. The predicted octanol–water partition coefficient (Wildman–Crippen LogP) is 4.52. The Hall–Kier alpha value is -2.05. The van der Waals surface area contributed by atoms with Crippen molar-refractivity contribution in [1.29, 1.82) is 0 Å². The number of carboxylic acid groups (broad SMARTS) is 1. The zero-order valence-corrected chi connectivity index (χ0v) is 14.7. The van der Waals surface area contributed by atoms with E-state index in [1.54, 1.807) is 23.0 Å². The van der Waals surface area contributed by atoms with E-state index in [9.17, 15) is 9.18 Å². The van der Waals surface area contributed by atoms with Gasteiger partial charge in [0, 0.05) is 15.6 Å². The van der Waals surface area contributed by atoms with Crippen molar-refractivity contribution in [2.24, 2.45) is 0 Å². The average molecular weight is 384 g/mol. The summed E-state index contributed by atoms with van der Waals surface area (Å²) in [6.07, 6.45) is 2.63. The van der Waals surface area contributed by atoms with Crippen LogP contribution < -0.4 is 5.32 Å². The Morgan fingerprint density at radius 3 is 2.88 bits per heavy atom. The van der Waals surface area contributed by atoms with E-state index in [0.29, 0.717) is 34.3 Å². The number of fused-ring (bicyclic) bond motifs is 1. The third-order valence-electron chi connectivity index (χ3n) is 4.13. The predicted molar refractivity (Wildman–Crippen MR) is 94.8 cm³/mol. The van der Waals surface area contributed by atoms with Gasteiger partial charge in [-0.15, -0.1) is 0 Å². The fourth-order valence-electron chi connectivity index (χ4n) is 2.99. The van der Waals surface area contributed by atoms with Crippen molar-refractivity contribution in [3.05, 3.63) is 57.1 Å². The number of hydrogen-bond acceptors (Lipinski definition) is 2. The molecule has 0 aliphatic heterocycles. The van der Waals surface area contributed by atoms with Gasteiger partial charge in [0.1, 0.15) is 5.83 Å². The number of carbonyl (C=O) groups is 1. The monoisotopic (exact) mass is 383 g/mol. The number of nitrogens with zero attached hydrogens (tertiary/aromatic N) is 2. The molecular weight excluding hydrogens is 368 g/mol. The summed E-state index contributed by atoms with van der Waals surface area (Å²) in [4.78, 5) is 10.6. The standard InChI is InChI=1S/C17H16Cl2FN3O2/c18-12-5-4-11(14(19)6-12)9-23-16-10(7-22-23)2-1-3-13(16)15(20)8-21-17(24)25/h4-7,21H,1-3,8-9H2,(H,24,25)/b15-13-. The van der Waals surface area contributed by atoms with Crippen LogP contribution in [0, 0.1) is 0 Å². The van der Waals surface area contributed by atoms with Gasteiger partial charge in [-0.05, 0) is 42.5 Å². The van der Waals surface area contributed by atoms with E-state index in [1.165, 1.54) is 0 Å². The van der Waals surface area contributed by atoms with Gasteiger partial charge in [0.15, 0.2) is 0 Å². The highest BCUT2D eigenvalue weighted by molar-refractivity contribution is 6.35. The maximum absolute atomic E-state index is 14.5. The van der Waals surface area contributed by atoms with E-state index >= 15 is 0 Å². The second kappa shape index (κ2) is 7.45. The number of halogens is 3. The van der Waals surface area contributed by atoms with Gasteiger partial charge in [0.2, 0.25) is 0 Å². The number of nitrogens with one attached hydrogen (secondary N) is 1. The molecule has 0 radical (unpaired) electrons. The largest absolute Gasteiger partial charge is 0.465 e. The molecule has 1 aromatic carbocycles. The highest BCUT2D eigenvalue weighted by Crippen LogP contribution is 2.34. The van der Waals surface area contributed by atoms with Crippen LogP contribution in [0.25, 0.3) is 5.57 Å². The molecule has 1 aromatic heterocycles. The molecule has 3 rings (SSSR count). The number of aromatic nitrogens is 2. The number of amides is 1. The summed E-state index contributed by atoms with van der Waals surface area (Å²) in [5, 5.41) is 16.2. The second-order valence-corrected chi connectivity index (χ2v) is 6.65. The number of rotatable bonds is 4. The molecule has 1 aliphatic rings. The molecule has 1 heterocycles. The zero-order chi connectivity index (χ0) is 18.0. The topological polar surface area (TPSA) is 67.2 Å². The first-order chi connectivity index (χ1) is 12.0. The molecule has 132 valence electrons. The zero-order valence-electron chi connectivity index (χ0n) is 13.2. The minimum absolute atomic E-state index is 0.350. The highest BCUT2D eigenvalue weighted by Gasteiger charge is 2.23. The highest BCUT2D eigenvalue weighted by atomic mass is 35.5. The van der Waals surface area contributed by atoms with Crippen LogP contribution in [0.2, 0.25) is 10.0 Å². The van der Waals surface area contributed by atoms with Crippen LogP contribution in [-0.4, -0.2) is 27.5 Å². The first kappa shape index (κ1) is 17.8. The molecule has 0 atom stereocenters. The van der Waals surface area contributed by atoms with Crippen molar-refractivity contribution in [1.82, 2.24) is 15.1 Å². The van der Waals surface area contributed by atoms with Gasteiger partial charge in [0.05, 0.1) is 25.0 Å². The summed E-state index contributed by atoms with van der Waals surface area (Å²) in [7, 11) is 0. The molecule has 0 saturated carbocycles. The first-order valence-electron chi connectivity index (χ1n) is 7.79. The normalized spacial score (nSPS) is 15.6. The van der Waals surface area contributed by atoms with Crippen molar-refractivity contribution in [2.45, 2.75) is 25.8 Å². The molecule has 0 bridgehead atoms. The fourth-order valence-corrected chi connectivity index (χ4v) is 3.45. The summed E-state index contributed by atoms with van der Waals surface area (Å²) in [6, 6.07) is 5.21. The van der Waals surface area contributed by atoms with E-state index in [2.05, 4.69) is 10.4 Å². The lowest BCUT2D eigenvalue weighted by atomic mass is 9.92. The van der Waals surface area contributed by atoms with Crippen molar-refractivity contribution in [3.63, 3.8) is 0 Å². The van der Waals surface area contributed by atoms with Crippen LogP contribution in [0.1, 0.15) is 29.7 Å². The van der Waals surface area contributed by atoms with Gasteiger partial charge in [-0.3, -0.25) is 4.68 Å². The smallest absolute Gasteiger partial charge is 0.405 e. The Labute approximate surface area is 154 Å². The quantitative estimate of drug-likeness (QED) is 0.815. The van der Waals surface area contributed by atoms with Crippen LogP contribution in [0.5, 0.6) is 0 Å². The molecule has 0 saturated heterocycles. The summed E-state index contributed by atoms with van der Waals surface area (Å²) >= 11 is 12.1. The van der Waals surface area contributed by atoms with Gasteiger partial charge in [-0.1, -0.05) is 29.3 Å². The van der Waals surface area contributed by atoms with Gasteiger partial charge in [-0.2, -0.15) is 5.10 Å². The Kier molecular flexibility index (Phi) is 5.30. The molecule has 0 unspecified atom stereocenters. The molecule has 25 heavy (non-hydrogen) atoms. The van der Waals surface area contributed by atoms with Gasteiger partial charge in [0.25, 0.3) is 0 Å². The van der Waals surface area contributed by atoms with Gasteiger partial charge in [-0.25, -0.2) is 9.18 Å². The molecule has 0 spiro atoms. The maximum atomic E-state index is 14.5. The molecule has 1 aliphatic carbocycles. The molecule has 8 heteroatoms. The Balaban J connectivity index is 1.95. The van der Waals surface area contributed by atoms with E-state index < -0.39 is 11.9 Å². The summed E-state index contributed by atoms with van der Waals surface area (Å²) in [5.41, 5.74) is 2.99. The lowest BCUT2D eigenvalue weighted by Gasteiger charge is -2.19. The second-order valence-electron chi connectivity index (χ2n) is 5.81. The first-order valence-corrected chi connectivity index (χ1v) is 8.54. The Morgan fingerprint density at radius 1 is 1.36 bits per heavy atom. The number of allylic oxidation sites excluding steroid dienone is 1. The summed E-state index contributed by atoms with van der Waals surface area (Å²) in [5.74, 6) is -0.479. The van der Waals surface area contributed by atoms with Crippen LogP contribution >= 0.6 is 23.2 Å². The molecule has 2 N–H and O–H groups in total. The van der Waals surface area contributed by atoms with Crippen molar-refractivity contribution in [3.8, 4) is 0 Å².